The highest BCUT2D eigenvalue weighted by Crippen LogP contribution is 2.40. The van der Waals surface area contributed by atoms with E-state index in [-0.39, 0.29) is 12.2 Å². The highest BCUT2D eigenvalue weighted by atomic mass is 16.3. The summed E-state index contributed by atoms with van der Waals surface area (Å²) < 4.78 is 0. The summed E-state index contributed by atoms with van der Waals surface area (Å²) in [6, 6.07) is 10.9. The first-order valence-corrected chi connectivity index (χ1v) is 7.57. The Hall–Kier alpha value is -2.46. The van der Waals surface area contributed by atoms with Gasteiger partial charge in [-0.2, -0.15) is 0 Å². The van der Waals surface area contributed by atoms with Gasteiger partial charge in [-0.1, -0.05) is 42.0 Å². The average molecular weight is 309 g/mol. The molecule has 1 amide bonds. The smallest absolute Gasteiger partial charge is 0.261 e. The molecule has 2 N–H and O–H groups in total. The first-order valence-electron chi connectivity index (χ1n) is 7.57. The number of para-hydroxylation sites is 1. The second-order valence-corrected chi connectivity index (χ2v) is 6.23. The van der Waals surface area contributed by atoms with Gasteiger partial charge in [0.15, 0.2) is 11.4 Å². The summed E-state index contributed by atoms with van der Waals surface area (Å²) in [5.41, 5.74) is 2.59. The summed E-state index contributed by atoms with van der Waals surface area (Å²) in [6.07, 6.45) is -0.265. The summed E-state index contributed by atoms with van der Waals surface area (Å²) >= 11 is 0. The fourth-order valence-electron chi connectivity index (χ4n) is 3.15. The first kappa shape index (κ1) is 15.4. The number of hydrogen-bond acceptors (Lipinski definition) is 3. The molecule has 1 aliphatic heterocycles. The summed E-state index contributed by atoms with van der Waals surface area (Å²) in [5, 5.41) is 13.6. The minimum Gasteiger partial charge on any atom is -0.375 e. The molecule has 1 heterocycles. The number of carbonyl (C=O) groups excluding carboxylic acids is 2. The Balaban J connectivity index is 1.98. The fraction of sp³-hybridized carbons (Fsp3) is 0.263. The molecule has 2 aromatic rings. The summed E-state index contributed by atoms with van der Waals surface area (Å²) in [4.78, 5) is 24.9. The van der Waals surface area contributed by atoms with Crippen molar-refractivity contribution < 1.29 is 14.7 Å². The third-order valence-electron chi connectivity index (χ3n) is 4.43. The van der Waals surface area contributed by atoms with Crippen molar-refractivity contribution in [3.8, 4) is 0 Å². The van der Waals surface area contributed by atoms with Gasteiger partial charge < -0.3 is 10.4 Å². The van der Waals surface area contributed by atoms with E-state index in [0.29, 0.717) is 16.8 Å². The van der Waals surface area contributed by atoms with Crippen molar-refractivity contribution in [2.45, 2.75) is 32.8 Å². The van der Waals surface area contributed by atoms with Gasteiger partial charge in [-0.15, -0.1) is 0 Å². The van der Waals surface area contributed by atoms with E-state index in [9.17, 15) is 14.7 Å². The van der Waals surface area contributed by atoms with Crippen LogP contribution in [0.15, 0.2) is 36.4 Å². The van der Waals surface area contributed by atoms with Crippen LogP contribution in [-0.4, -0.2) is 16.8 Å². The Kier molecular flexibility index (Phi) is 3.57. The molecular formula is C19H19NO3. The molecule has 0 spiro atoms. The number of fused-ring (bicyclic) bond motifs is 1. The van der Waals surface area contributed by atoms with E-state index in [1.54, 1.807) is 18.2 Å². The number of anilines is 1. The largest absolute Gasteiger partial charge is 0.375 e. The molecule has 0 radical (unpaired) electrons. The number of carbonyl (C=O) groups is 2. The predicted octanol–water partition coefficient (Wildman–Crippen LogP) is 3.02. The van der Waals surface area contributed by atoms with Crippen LogP contribution in [-0.2, 0) is 10.4 Å². The number of aliphatic hydroxyl groups is 1. The van der Waals surface area contributed by atoms with Crippen molar-refractivity contribution in [3.05, 3.63) is 64.2 Å². The molecule has 0 aliphatic carbocycles. The highest BCUT2D eigenvalue weighted by molar-refractivity contribution is 6.10. The average Bonchev–Trinajstić information content (AvgIpc) is 2.72. The number of hydrogen-bond donors (Lipinski definition) is 2. The molecule has 0 saturated heterocycles. The first-order chi connectivity index (χ1) is 10.8. The maximum atomic E-state index is 12.6. The van der Waals surface area contributed by atoms with Crippen LogP contribution in [0, 0.1) is 20.8 Å². The standard InChI is InChI=1S/C19H19NO3/c1-11-7-8-14(13(3)9-11)16(21)10-19(23)15-6-4-5-12(2)17(15)20-18(19)22/h4-9,23H,10H2,1-3H3,(H,20,22). The monoisotopic (exact) mass is 309 g/mol. The summed E-state index contributed by atoms with van der Waals surface area (Å²) in [6.45, 7) is 5.67. The van der Waals surface area contributed by atoms with Crippen LogP contribution in [0.3, 0.4) is 0 Å². The lowest BCUT2D eigenvalue weighted by molar-refractivity contribution is -0.133. The number of ketones is 1. The lowest BCUT2D eigenvalue weighted by Gasteiger charge is -2.20. The molecule has 118 valence electrons. The van der Waals surface area contributed by atoms with Crippen molar-refractivity contribution in [1.82, 2.24) is 0 Å². The van der Waals surface area contributed by atoms with Gasteiger partial charge in [0.05, 0.1) is 12.1 Å². The van der Waals surface area contributed by atoms with E-state index >= 15 is 0 Å². The van der Waals surface area contributed by atoms with Gasteiger partial charge in [-0.05, 0) is 31.9 Å². The third kappa shape index (κ3) is 2.45. The van der Waals surface area contributed by atoms with Gasteiger partial charge in [-0.3, -0.25) is 9.59 Å². The quantitative estimate of drug-likeness (QED) is 0.857. The summed E-state index contributed by atoms with van der Waals surface area (Å²) in [5.74, 6) is -0.783. The van der Waals surface area contributed by atoms with Crippen molar-refractivity contribution in [3.63, 3.8) is 0 Å². The Morgan fingerprint density at radius 3 is 2.57 bits per heavy atom. The van der Waals surface area contributed by atoms with Crippen LogP contribution in [0.2, 0.25) is 0 Å². The minimum absolute atomic E-state index is 0.241. The number of aryl methyl sites for hydroxylation is 3. The van der Waals surface area contributed by atoms with Gasteiger partial charge in [0.2, 0.25) is 0 Å². The zero-order valence-corrected chi connectivity index (χ0v) is 13.4. The SMILES string of the molecule is Cc1ccc(C(=O)CC2(O)C(=O)Nc3c(C)cccc32)c(C)c1. The Bertz CT molecular complexity index is 825. The molecule has 0 aromatic heterocycles. The predicted molar refractivity (Wildman–Crippen MR) is 88.6 cm³/mol. The third-order valence-corrected chi connectivity index (χ3v) is 4.43. The second-order valence-electron chi connectivity index (χ2n) is 6.23. The number of Topliss-reactive ketones (excluding diaryl/α,β-unsaturated/α-hetero) is 1. The second kappa shape index (κ2) is 5.32. The van der Waals surface area contributed by atoms with Gasteiger partial charge >= 0.3 is 0 Å². The Labute approximate surface area is 135 Å². The Morgan fingerprint density at radius 2 is 1.87 bits per heavy atom. The lowest BCUT2D eigenvalue weighted by atomic mass is 9.86. The molecule has 1 unspecified atom stereocenters. The number of nitrogens with one attached hydrogen (secondary N) is 1. The van der Waals surface area contributed by atoms with Gasteiger partial charge in [0.25, 0.3) is 5.91 Å². The van der Waals surface area contributed by atoms with Crippen molar-refractivity contribution in [2.75, 3.05) is 5.32 Å². The van der Waals surface area contributed by atoms with E-state index < -0.39 is 11.5 Å². The molecule has 4 nitrogen and oxygen atoms in total. The van der Waals surface area contributed by atoms with Gasteiger partial charge in [0, 0.05) is 11.1 Å². The van der Waals surface area contributed by atoms with Crippen LogP contribution < -0.4 is 5.32 Å². The molecule has 2 aromatic carbocycles. The van der Waals surface area contributed by atoms with Crippen LogP contribution in [0.1, 0.15) is 39.0 Å². The molecule has 23 heavy (non-hydrogen) atoms. The highest BCUT2D eigenvalue weighted by Gasteiger charge is 2.47. The number of rotatable bonds is 3. The topological polar surface area (TPSA) is 66.4 Å². The molecule has 4 heteroatoms. The van der Waals surface area contributed by atoms with Crippen LogP contribution in [0.5, 0.6) is 0 Å². The van der Waals surface area contributed by atoms with Gasteiger partial charge in [-0.25, -0.2) is 0 Å². The molecule has 1 aliphatic rings. The van der Waals surface area contributed by atoms with Crippen LogP contribution in [0.4, 0.5) is 5.69 Å². The van der Waals surface area contributed by atoms with Gasteiger partial charge in [0.1, 0.15) is 0 Å². The van der Waals surface area contributed by atoms with E-state index in [4.69, 9.17) is 0 Å². The number of amides is 1. The Morgan fingerprint density at radius 1 is 1.13 bits per heavy atom. The van der Waals surface area contributed by atoms with E-state index in [1.807, 2.05) is 39.0 Å². The van der Waals surface area contributed by atoms with E-state index in [0.717, 1.165) is 16.7 Å². The molecule has 0 saturated carbocycles. The normalized spacial score (nSPS) is 19.4. The van der Waals surface area contributed by atoms with Crippen molar-refractivity contribution in [2.24, 2.45) is 0 Å². The minimum atomic E-state index is -1.81. The fourth-order valence-corrected chi connectivity index (χ4v) is 3.15. The maximum absolute atomic E-state index is 12.6. The van der Waals surface area contributed by atoms with Crippen LogP contribution in [0.25, 0.3) is 0 Å². The lowest BCUT2D eigenvalue weighted by Crippen LogP contribution is -2.36. The van der Waals surface area contributed by atoms with Crippen LogP contribution >= 0.6 is 0 Å². The van der Waals surface area contributed by atoms with E-state index in [2.05, 4.69) is 5.32 Å². The van der Waals surface area contributed by atoms with Crippen molar-refractivity contribution >= 4 is 17.4 Å². The molecule has 3 rings (SSSR count). The van der Waals surface area contributed by atoms with E-state index in [1.165, 1.54) is 0 Å². The number of benzene rings is 2. The molecule has 0 bridgehead atoms. The maximum Gasteiger partial charge on any atom is 0.261 e. The summed E-state index contributed by atoms with van der Waals surface area (Å²) in [7, 11) is 0. The zero-order valence-electron chi connectivity index (χ0n) is 13.4. The van der Waals surface area contributed by atoms with Crippen molar-refractivity contribution in [1.29, 1.82) is 0 Å². The molecule has 0 fully saturated rings. The molecular weight excluding hydrogens is 290 g/mol. The molecule has 1 atom stereocenters. The zero-order chi connectivity index (χ0) is 16.8.